The van der Waals surface area contributed by atoms with E-state index in [4.69, 9.17) is 21.7 Å². The normalized spacial score (nSPS) is 11.4. The minimum Gasteiger partial charge on any atom is -0.593 e. The van der Waals surface area contributed by atoms with Crippen LogP contribution in [-0.2, 0) is 13.0 Å². The van der Waals surface area contributed by atoms with Gasteiger partial charge in [-0.15, -0.1) is 0 Å². The Labute approximate surface area is 213 Å². The van der Waals surface area contributed by atoms with Crippen molar-refractivity contribution in [3.63, 3.8) is 0 Å². The molecular formula is C28H25ClFN2O2S+. The van der Waals surface area contributed by atoms with Crippen molar-refractivity contribution in [2.75, 3.05) is 6.54 Å². The molecule has 0 aliphatic heterocycles. The van der Waals surface area contributed by atoms with Crippen LogP contribution in [-0.4, -0.2) is 26.8 Å². The van der Waals surface area contributed by atoms with Crippen molar-refractivity contribution >= 4 is 34.2 Å². The Morgan fingerprint density at radius 3 is 2.43 bits per heavy atom. The highest BCUT2D eigenvalue weighted by atomic mass is 35.5. The lowest BCUT2D eigenvalue weighted by Crippen LogP contribution is -2.30. The minimum atomic E-state index is -0.491. The molecule has 0 aliphatic rings. The molecule has 0 saturated carbocycles. The van der Waals surface area contributed by atoms with Crippen molar-refractivity contribution in [2.45, 2.75) is 17.9 Å². The molecule has 0 radical (unpaired) electrons. The number of aromatic hydroxyl groups is 1. The zero-order chi connectivity index (χ0) is 24.6. The molecule has 4 aromatic carbocycles. The van der Waals surface area contributed by atoms with Crippen LogP contribution < -0.4 is 0 Å². The summed E-state index contributed by atoms with van der Waals surface area (Å²) in [6.07, 6.45) is 0.698. The van der Waals surface area contributed by atoms with Gasteiger partial charge in [-0.25, -0.2) is 9.38 Å². The quantitative estimate of drug-likeness (QED) is 0.125. The summed E-state index contributed by atoms with van der Waals surface area (Å²) in [4.78, 5) is 7.99. The predicted octanol–water partition coefficient (Wildman–Crippen LogP) is 7.15. The number of halogens is 2. The Morgan fingerprint density at radius 2 is 1.69 bits per heavy atom. The van der Waals surface area contributed by atoms with Gasteiger partial charge in [-0.3, -0.25) is 0 Å². The first-order valence-electron chi connectivity index (χ1n) is 11.1. The van der Waals surface area contributed by atoms with E-state index in [2.05, 4.69) is 4.90 Å². The fourth-order valence-corrected chi connectivity index (χ4v) is 4.64. The lowest BCUT2D eigenvalue weighted by molar-refractivity contribution is 0.421. The minimum absolute atomic E-state index is 0.0158. The van der Waals surface area contributed by atoms with Crippen LogP contribution in [0.25, 0.3) is 0 Å². The lowest BCUT2D eigenvalue weighted by Gasteiger charge is -2.26. The zero-order valence-electron chi connectivity index (χ0n) is 18.9. The smallest absolute Gasteiger partial charge is 0.254 e. The van der Waals surface area contributed by atoms with Crippen molar-refractivity contribution in [1.29, 1.82) is 0 Å². The van der Waals surface area contributed by atoms with Gasteiger partial charge in [0.15, 0.2) is 5.17 Å². The molecule has 35 heavy (non-hydrogen) atoms. The van der Waals surface area contributed by atoms with Crippen molar-refractivity contribution < 1.29 is 14.6 Å². The van der Waals surface area contributed by atoms with Crippen molar-refractivity contribution in [1.82, 2.24) is 4.90 Å². The largest absolute Gasteiger partial charge is 0.593 e. The first kappa shape index (κ1) is 24.6. The molecule has 0 fully saturated rings. The molecule has 0 heterocycles. The van der Waals surface area contributed by atoms with Gasteiger partial charge in [0, 0.05) is 30.1 Å². The number of nitrogens with zero attached hydrogens (tertiary/aromatic N) is 2. The fraction of sp³-hybridized carbons (Fsp3) is 0.107. The van der Waals surface area contributed by atoms with Crippen LogP contribution in [0.4, 0.5) is 10.1 Å². The summed E-state index contributed by atoms with van der Waals surface area (Å²) in [5.74, 6) is 0.175. The summed E-state index contributed by atoms with van der Waals surface area (Å²) in [5, 5.41) is 18.7. The third kappa shape index (κ3) is 7.25. The molecule has 0 aliphatic carbocycles. The van der Waals surface area contributed by atoms with Gasteiger partial charge in [0.25, 0.3) is 5.75 Å². The van der Waals surface area contributed by atoms with Gasteiger partial charge in [0.1, 0.15) is 11.6 Å². The topological polar surface area (TPSA) is 58.7 Å². The third-order valence-corrected chi connectivity index (χ3v) is 6.56. The Kier molecular flexibility index (Phi) is 8.29. The highest BCUT2D eigenvalue weighted by Crippen LogP contribution is 2.28. The van der Waals surface area contributed by atoms with Gasteiger partial charge in [-0.1, -0.05) is 65.8 Å². The van der Waals surface area contributed by atoms with Gasteiger partial charge in [-0.2, -0.15) is 0 Å². The Hall–Kier alpha value is -3.48. The van der Waals surface area contributed by atoms with Crippen molar-refractivity contribution in [3.8, 4) is 11.5 Å². The number of hydrogen-bond donors (Lipinski definition) is 1. The van der Waals surface area contributed by atoms with Crippen LogP contribution in [0, 0.1) is 5.82 Å². The summed E-state index contributed by atoms with van der Waals surface area (Å²) in [7, 11) is 0. The number of rotatable bonds is 7. The molecule has 0 amide bonds. The van der Waals surface area contributed by atoms with Gasteiger partial charge < -0.3 is 15.1 Å². The van der Waals surface area contributed by atoms with E-state index in [-0.39, 0.29) is 10.8 Å². The standard InChI is InChI=1S/C28H24ClFN2O2S/c29-26-18-22(12-13-27(26)30)31-28(35-25-10-2-1-3-11-25)32(19-21-7-5-9-24(34)17-21)15-14-20-6-4-8-23(33)16-20/h1-13,16-18,33-34H,14-15,19H2/p+1. The van der Waals surface area contributed by atoms with Crippen LogP contribution in [0.15, 0.2) is 107 Å². The van der Waals surface area contributed by atoms with Crippen LogP contribution >= 0.6 is 23.4 Å². The van der Waals surface area contributed by atoms with E-state index in [9.17, 15) is 9.50 Å². The van der Waals surface area contributed by atoms with Gasteiger partial charge in [-0.05, 0) is 60.0 Å². The number of phenolic OH excluding ortho intramolecular Hbond substituents is 1. The summed E-state index contributed by atoms with van der Waals surface area (Å²) in [6, 6.07) is 29.0. The first-order chi connectivity index (χ1) is 17.0. The van der Waals surface area contributed by atoms with E-state index in [1.165, 1.54) is 23.9 Å². The zero-order valence-corrected chi connectivity index (χ0v) is 20.4. The molecule has 0 aromatic heterocycles. The van der Waals surface area contributed by atoms with E-state index in [1.54, 1.807) is 24.3 Å². The molecule has 0 saturated heterocycles. The summed E-state index contributed by atoms with van der Waals surface area (Å²) in [5.41, 5.74) is 2.52. The Bertz CT molecular complexity index is 1320. The van der Waals surface area contributed by atoms with Gasteiger partial charge >= 0.3 is 0 Å². The van der Waals surface area contributed by atoms with Crippen LogP contribution in [0.3, 0.4) is 0 Å². The maximum atomic E-state index is 13.8. The molecule has 0 spiro atoms. The van der Waals surface area contributed by atoms with E-state index in [0.717, 1.165) is 16.0 Å². The first-order valence-corrected chi connectivity index (χ1v) is 12.3. The molecule has 0 atom stereocenters. The van der Waals surface area contributed by atoms with Crippen LogP contribution in [0.5, 0.6) is 11.5 Å². The van der Waals surface area contributed by atoms with Crippen molar-refractivity contribution in [3.05, 3.63) is 119 Å². The molecule has 4 aromatic rings. The maximum Gasteiger partial charge on any atom is 0.254 e. The second-order valence-corrected chi connectivity index (χ2v) is 9.40. The van der Waals surface area contributed by atoms with Gasteiger partial charge in [0.05, 0.1) is 10.7 Å². The molecule has 0 bridgehead atoms. The third-order valence-electron chi connectivity index (χ3n) is 5.23. The number of hydrogen-bond acceptors (Lipinski definition) is 3. The number of thioether (sulfide) groups is 1. The van der Waals surface area contributed by atoms with Gasteiger partial charge in [0.2, 0.25) is 0 Å². The highest BCUT2D eigenvalue weighted by molar-refractivity contribution is 8.13. The SMILES string of the molecule is Oc1cccc(CN(CCc2cccc([OH2+])c2)C(=Nc2ccc(F)c(Cl)c2)Sc2ccccc2)c1. The number of benzene rings is 4. The molecule has 7 heteroatoms. The Morgan fingerprint density at radius 1 is 0.914 bits per heavy atom. The number of aliphatic imine (C=N–C) groups is 1. The average Bonchev–Trinajstić information content (AvgIpc) is 2.84. The van der Waals surface area contributed by atoms with Crippen LogP contribution in [0.2, 0.25) is 5.02 Å². The highest BCUT2D eigenvalue weighted by Gasteiger charge is 2.16. The lowest BCUT2D eigenvalue weighted by atomic mass is 10.1. The van der Waals surface area contributed by atoms with E-state index in [0.29, 0.717) is 36.1 Å². The number of amidine groups is 1. The van der Waals surface area contributed by atoms with Crippen LogP contribution in [0.1, 0.15) is 11.1 Å². The van der Waals surface area contributed by atoms with E-state index >= 15 is 0 Å². The molecule has 3 N–H and O–H groups in total. The molecule has 0 unspecified atom stereocenters. The molecule has 178 valence electrons. The monoisotopic (exact) mass is 507 g/mol. The Balaban J connectivity index is 1.71. The average molecular weight is 508 g/mol. The predicted molar refractivity (Wildman–Crippen MR) is 143 cm³/mol. The number of phenols is 1. The molecular weight excluding hydrogens is 483 g/mol. The second-order valence-electron chi connectivity index (χ2n) is 7.95. The summed E-state index contributed by atoms with van der Waals surface area (Å²) in [6.45, 7) is 1.12. The molecule has 4 nitrogen and oxygen atoms in total. The summed E-state index contributed by atoms with van der Waals surface area (Å²) < 4.78 is 13.8. The van der Waals surface area contributed by atoms with E-state index in [1.807, 2.05) is 60.7 Å². The fourth-order valence-electron chi connectivity index (χ4n) is 3.53. The molecule has 4 rings (SSSR count). The van der Waals surface area contributed by atoms with E-state index < -0.39 is 5.82 Å². The maximum absolute atomic E-state index is 13.8. The summed E-state index contributed by atoms with van der Waals surface area (Å²) >= 11 is 7.53. The second kappa shape index (κ2) is 11.8. The van der Waals surface area contributed by atoms with Crippen molar-refractivity contribution in [2.24, 2.45) is 4.99 Å².